The molecule has 0 N–H and O–H groups in total. The lowest BCUT2D eigenvalue weighted by molar-refractivity contribution is -0.384. The minimum atomic E-state index is -0.463. The molecule has 0 fully saturated rings. The SMILES string of the molecule is CC.CC1(C)CCC(=O)c2cc([N+](=O)[O-])ccc21. The number of carbonyl (C=O) groups excluding carboxylic acids is 1. The Morgan fingerprint density at radius 3 is 2.44 bits per heavy atom. The monoisotopic (exact) mass is 249 g/mol. The average Bonchev–Trinajstić information content (AvgIpc) is 2.36. The fourth-order valence-electron chi connectivity index (χ4n) is 2.16. The predicted octanol–water partition coefficient (Wildman–Crippen LogP) is 3.88. The van der Waals surface area contributed by atoms with E-state index in [0.717, 1.165) is 12.0 Å². The van der Waals surface area contributed by atoms with Gasteiger partial charge in [0.1, 0.15) is 0 Å². The molecule has 4 nitrogen and oxygen atoms in total. The lowest BCUT2D eigenvalue weighted by Crippen LogP contribution is -2.27. The van der Waals surface area contributed by atoms with Crippen LogP contribution in [-0.2, 0) is 5.41 Å². The number of non-ortho nitro benzene ring substituents is 1. The first kappa shape index (κ1) is 14.4. The number of fused-ring (bicyclic) bond motifs is 1. The summed E-state index contributed by atoms with van der Waals surface area (Å²) in [5.74, 6) is 0.0121. The number of nitro groups is 1. The van der Waals surface area contributed by atoms with Crippen LogP contribution in [0.15, 0.2) is 18.2 Å². The number of Topliss-reactive ketones (excluding diaryl/α,β-unsaturated/α-hetero) is 1. The minimum absolute atomic E-state index is 0.00944. The maximum absolute atomic E-state index is 11.7. The van der Waals surface area contributed by atoms with Crippen LogP contribution in [0.4, 0.5) is 5.69 Å². The maximum Gasteiger partial charge on any atom is 0.270 e. The zero-order valence-electron chi connectivity index (χ0n) is 11.3. The van der Waals surface area contributed by atoms with Crippen molar-refractivity contribution in [2.45, 2.75) is 46.0 Å². The van der Waals surface area contributed by atoms with Gasteiger partial charge in [0.2, 0.25) is 0 Å². The molecule has 0 radical (unpaired) electrons. The second kappa shape index (κ2) is 5.29. The highest BCUT2D eigenvalue weighted by Crippen LogP contribution is 2.37. The lowest BCUT2D eigenvalue weighted by Gasteiger charge is -2.31. The van der Waals surface area contributed by atoms with E-state index in [9.17, 15) is 14.9 Å². The molecule has 0 unspecified atom stereocenters. The molecule has 2 rings (SSSR count). The van der Waals surface area contributed by atoms with Gasteiger partial charge in [0, 0.05) is 24.1 Å². The molecule has 0 saturated heterocycles. The van der Waals surface area contributed by atoms with Crippen molar-refractivity contribution in [1.29, 1.82) is 0 Å². The lowest BCUT2D eigenvalue weighted by atomic mass is 9.72. The molecule has 1 aromatic rings. The number of rotatable bonds is 1. The van der Waals surface area contributed by atoms with E-state index in [1.165, 1.54) is 12.1 Å². The van der Waals surface area contributed by atoms with E-state index < -0.39 is 4.92 Å². The molecule has 0 amide bonds. The van der Waals surface area contributed by atoms with Crippen molar-refractivity contribution in [2.24, 2.45) is 0 Å². The molecule has 1 aliphatic rings. The Labute approximate surface area is 107 Å². The zero-order valence-corrected chi connectivity index (χ0v) is 11.3. The number of nitrogens with zero attached hydrogens (tertiary/aromatic N) is 1. The number of hydrogen-bond acceptors (Lipinski definition) is 3. The first-order chi connectivity index (χ1) is 8.42. The van der Waals surface area contributed by atoms with Crippen molar-refractivity contribution >= 4 is 11.5 Å². The van der Waals surface area contributed by atoms with Gasteiger partial charge in [-0.25, -0.2) is 0 Å². The van der Waals surface area contributed by atoms with Crippen LogP contribution < -0.4 is 0 Å². The van der Waals surface area contributed by atoms with Crippen LogP contribution in [0.5, 0.6) is 0 Å². The molecule has 0 saturated carbocycles. The summed E-state index contributed by atoms with van der Waals surface area (Å²) in [7, 11) is 0. The van der Waals surface area contributed by atoms with E-state index in [1.54, 1.807) is 6.07 Å². The maximum atomic E-state index is 11.7. The zero-order chi connectivity index (χ0) is 13.9. The van der Waals surface area contributed by atoms with Gasteiger partial charge in [-0.3, -0.25) is 14.9 Å². The summed E-state index contributed by atoms with van der Waals surface area (Å²) < 4.78 is 0. The van der Waals surface area contributed by atoms with Crippen molar-refractivity contribution in [3.05, 3.63) is 39.4 Å². The van der Waals surface area contributed by atoms with E-state index in [2.05, 4.69) is 13.8 Å². The van der Waals surface area contributed by atoms with Crippen molar-refractivity contribution < 1.29 is 9.72 Å². The summed E-state index contributed by atoms with van der Waals surface area (Å²) >= 11 is 0. The topological polar surface area (TPSA) is 60.2 Å². The van der Waals surface area contributed by atoms with Crippen LogP contribution in [0.1, 0.15) is 56.5 Å². The first-order valence-corrected chi connectivity index (χ1v) is 6.24. The average molecular weight is 249 g/mol. The third kappa shape index (κ3) is 2.58. The molecule has 0 aliphatic heterocycles. The number of carbonyl (C=O) groups is 1. The molecule has 1 aromatic carbocycles. The molecule has 0 atom stereocenters. The van der Waals surface area contributed by atoms with Crippen LogP contribution in [0.2, 0.25) is 0 Å². The summed E-state index contributed by atoms with van der Waals surface area (Å²) in [5, 5.41) is 10.6. The van der Waals surface area contributed by atoms with Crippen molar-refractivity contribution in [1.82, 2.24) is 0 Å². The predicted molar refractivity (Wildman–Crippen MR) is 71.0 cm³/mol. The van der Waals surface area contributed by atoms with Gasteiger partial charge >= 0.3 is 0 Å². The Hall–Kier alpha value is -1.71. The third-order valence-corrected chi connectivity index (χ3v) is 3.22. The van der Waals surface area contributed by atoms with Gasteiger partial charge in [-0.15, -0.1) is 0 Å². The quantitative estimate of drug-likeness (QED) is 0.560. The van der Waals surface area contributed by atoms with Crippen LogP contribution in [0.25, 0.3) is 0 Å². The molecular formula is C14H19NO3. The highest BCUT2D eigenvalue weighted by molar-refractivity contribution is 5.99. The Bertz CT molecular complexity index is 478. The molecule has 0 spiro atoms. The van der Waals surface area contributed by atoms with Crippen LogP contribution >= 0.6 is 0 Å². The Morgan fingerprint density at radius 1 is 1.28 bits per heavy atom. The second-order valence-corrected chi connectivity index (χ2v) is 4.79. The molecule has 0 aromatic heterocycles. The highest BCUT2D eigenvalue weighted by atomic mass is 16.6. The van der Waals surface area contributed by atoms with Crippen LogP contribution in [-0.4, -0.2) is 10.7 Å². The molecular weight excluding hydrogens is 230 g/mol. The van der Waals surface area contributed by atoms with E-state index in [1.807, 2.05) is 13.8 Å². The normalized spacial score (nSPS) is 16.3. The summed E-state index contributed by atoms with van der Waals surface area (Å²) in [6.07, 6.45) is 1.28. The van der Waals surface area contributed by atoms with Gasteiger partial charge in [0.25, 0.3) is 5.69 Å². The second-order valence-electron chi connectivity index (χ2n) is 4.79. The van der Waals surface area contributed by atoms with Crippen LogP contribution in [0.3, 0.4) is 0 Å². The van der Waals surface area contributed by atoms with Crippen molar-refractivity contribution in [2.75, 3.05) is 0 Å². The number of ketones is 1. The summed E-state index contributed by atoms with van der Waals surface area (Å²) in [5.41, 5.74) is 1.36. The summed E-state index contributed by atoms with van der Waals surface area (Å²) in [4.78, 5) is 21.9. The Kier molecular flexibility index (Phi) is 4.22. The molecule has 1 aliphatic carbocycles. The minimum Gasteiger partial charge on any atom is -0.294 e. The van der Waals surface area contributed by atoms with Gasteiger partial charge in [-0.1, -0.05) is 33.8 Å². The molecule has 98 valence electrons. The van der Waals surface area contributed by atoms with Gasteiger partial charge in [0.15, 0.2) is 5.78 Å². The molecule has 18 heavy (non-hydrogen) atoms. The van der Waals surface area contributed by atoms with Gasteiger partial charge in [0.05, 0.1) is 4.92 Å². The molecule has 4 heteroatoms. The van der Waals surface area contributed by atoms with Crippen molar-refractivity contribution in [3.8, 4) is 0 Å². The Morgan fingerprint density at radius 2 is 1.89 bits per heavy atom. The fraction of sp³-hybridized carbons (Fsp3) is 0.500. The smallest absolute Gasteiger partial charge is 0.270 e. The number of nitro benzene ring substituents is 1. The highest BCUT2D eigenvalue weighted by Gasteiger charge is 2.32. The van der Waals surface area contributed by atoms with Gasteiger partial charge in [-0.05, 0) is 17.4 Å². The van der Waals surface area contributed by atoms with E-state index in [0.29, 0.717) is 12.0 Å². The number of hydrogen-bond donors (Lipinski definition) is 0. The van der Waals surface area contributed by atoms with Gasteiger partial charge in [-0.2, -0.15) is 0 Å². The van der Waals surface area contributed by atoms with E-state index >= 15 is 0 Å². The molecule has 0 bridgehead atoms. The van der Waals surface area contributed by atoms with Gasteiger partial charge < -0.3 is 0 Å². The first-order valence-electron chi connectivity index (χ1n) is 6.24. The Balaban J connectivity index is 0.000000771. The summed E-state index contributed by atoms with van der Waals surface area (Å²) in [6.45, 7) is 8.12. The van der Waals surface area contributed by atoms with E-state index in [4.69, 9.17) is 0 Å². The number of benzene rings is 1. The standard InChI is InChI=1S/C12H13NO3.C2H6/c1-12(2)6-5-11(14)9-7-8(13(15)16)3-4-10(9)12;1-2/h3-4,7H,5-6H2,1-2H3;1-2H3. The molecule has 0 heterocycles. The third-order valence-electron chi connectivity index (χ3n) is 3.22. The van der Waals surface area contributed by atoms with E-state index in [-0.39, 0.29) is 16.9 Å². The van der Waals surface area contributed by atoms with Crippen LogP contribution in [0, 0.1) is 10.1 Å². The fourth-order valence-corrected chi connectivity index (χ4v) is 2.16. The largest absolute Gasteiger partial charge is 0.294 e. The van der Waals surface area contributed by atoms with Crippen molar-refractivity contribution in [3.63, 3.8) is 0 Å². The summed E-state index contributed by atoms with van der Waals surface area (Å²) in [6, 6.07) is 4.59.